The molecule has 0 rings (SSSR count). The molecule has 4 heteroatoms. The second-order valence-corrected chi connectivity index (χ2v) is 9.60. The molecule has 0 radical (unpaired) electrons. The Morgan fingerprint density at radius 1 is 0.667 bits per heavy atom. The summed E-state index contributed by atoms with van der Waals surface area (Å²) in [5, 5.41) is 0. The highest BCUT2D eigenvalue weighted by Gasteiger charge is 2.26. The van der Waals surface area contributed by atoms with Gasteiger partial charge in [0, 0.05) is 6.42 Å². The molecule has 178 valence electrons. The Bertz CT molecular complexity index is 431. The molecule has 0 aliphatic carbocycles. The zero-order valence-corrected chi connectivity index (χ0v) is 20.8. The smallest absolute Gasteiger partial charge is 0.309 e. The molecule has 2 atom stereocenters. The first-order chi connectivity index (χ1) is 14.3. The number of ether oxygens (including phenoxy) is 2. The summed E-state index contributed by atoms with van der Waals surface area (Å²) in [6, 6.07) is 0. The number of rotatable bonds is 19. The fraction of sp³-hybridized carbons (Fsp3) is 0.923. The lowest BCUT2D eigenvalue weighted by molar-refractivity contribution is -0.151. The maximum absolute atomic E-state index is 12.5. The van der Waals surface area contributed by atoms with Gasteiger partial charge >= 0.3 is 11.9 Å². The van der Waals surface area contributed by atoms with Gasteiger partial charge in [-0.25, -0.2) is 0 Å². The summed E-state index contributed by atoms with van der Waals surface area (Å²) in [6.07, 6.45) is 12.2. The van der Waals surface area contributed by atoms with Crippen LogP contribution in [0.15, 0.2) is 0 Å². The van der Waals surface area contributed by atoms with E-state index in [1.54, 1.807) is 0 Å². The normalized spacial score (nSPS) is 13.5. The minimum atomic E-state index is -0.0488. The minimum Gasteiger partial charge on any atom is -0.466 e. The van der Waals surface area contributed by atoms with Gasteiger partial charge in [-0.1, -0.05) is 80.1 Å². The molecular weight excluding hydrogens is 376 g/mol. The molecule has 0 aromatic carbocycles. The van der Waals surface area contributed by atoms with Crippen LogP contribution in [0.1, 0.15) is 119 Å². The molecule has 0 aliphatic rings. The number of carbonyl (C=O) groups is 2. The molecule has 0 fully saturated rings. The Hall–Kier alpha value is -1.06. The van der Waals surface area contributed by atoms with Gasteiger partial charge in [-0.3, -0.25) is 9.59 Å². The third-order valence-electron chi connectivity index (χ3n) is 5.94. The first kappa shape index (κ1) is 28.9. The second-order valence-electron chi connectivity index (χ2n) is 9.60. The van der Waals surface area contributed by atoms with Crippen LogP contribution in [0.25, 0.3) is 0 Å². The van der Waals surface area contributed by atoms with Gasteiger partial charge in [-0.15, -0.1) is 0 Å². The largest absolute Gasteiger partial charge is 0.466 e. The maximum Gasteiger partial charge on any atom is 0.309 e. The lowest BCUT2D eigenvalue weighted by atomic mass is 9.84. The molecule has 2 unspecified atom stereocenters. The third kappa shape index (κ3) is 15.7. The van der Waals surface area contributed by atoms with Crippen molar-refractivity contribution in [1.29, 1.82) is 0 Å². The Kier molecular flexibility index (Phi) is 18.0. The monoisotopic (exact) mass is 426 g/mol. The molecular formula is C26H50O4. The molecule has 4 nitrogen and oxygen atoms in total. The lowest BCUT2D eigenvalue weighted by Crippen LogP contribution is -2.26. The number of carbonyl (C=O) groups excluding carboxylic acids is 2. The zero-order valence-electron chi connectivity index (χ0n) is 20.8. The fourth-order valence-corrected chi connectivity index (χ4v) is 3.75. The highest BCUT2D eigenvalue weighted by Crippen LogP contribution is 2.27. The van der Waals surface area contributed by atoms with Crippen molar-refractivity contribution in [1.82, 2.24) is 0 Å². The molecule has 0 heterocycles. The number of esters is 2. The topological polar surface area (TPSA) is 52.6 Å². The number of unbranched alkanes of at least 4 members (excludes halogenated alkanes) is 5. The average Bonchev–Trinajstić information content (AvgIpc) is 2.68. The molecule has 0 aliphatic heterocycles. The van der Waals surface area contributed by atoms with Crippen molar-refractivity contribution < 1.29 is 19.1 Å². The van der Waals surface area contributed by atoms with Gasteiger partial charge in [0.05, 0.1) is 19.1 Å². The Morgan fingerprint density at radius 2 is 1.20 bits per heavy atom. The predicted molar refractivity (Wildman–Crippen MR) is 125 cm³/mol. The molecule has 0 saturated heterocycles. The van der Waals surface area contributed by atoms with E-state index in [0.29, 0.717) is 37.4 Å². The van der Waals surface area contributed by atoms with E-state index in [1.807, 2.05) is 0 Å². The maximum atomic E-state index is 12.5. The van der Waals surface area contributed by atoms with E-state index in [0.717, 1.165) is 44.9 Å². The Labute approximate surface area is 186 Å². The highest BCUT2D eigenvalue weighted by molar-refractivity contribution is 5.72. The molecule has 0 aromatic rings. The summed E-state index contributed by atoms with van der Waals surface area (Å²) in [5.74, 6) is 1.58. The summed E-state index contributed by atoms with van der Waals surface area (Å²) in [6.45, 7) is 14.0. The standard InChI is InChI=1S/C26H50O4/c1-7-23(24(8-2)26(28)30-20-18-22(5)6)15-13-11-9-10-12-14-16-25(27)29-19-17-21(3)4/h21-24H,7-20H2,1-6H3. The number of hydrogen-bond donors (Lipinski definition) is 0. The summed E-state index contributed by atoms with van der Waals surface area (Å²) >= 11 is 0. The van der Waals surface area contributed by atoms with Gasteiger partial charge in [0.25, 0.3) is 0 Å². The van der Waals surface area contributed by atoms with Gasteiger partial charge in [-0.2, -0.15) is 0 Å². The Morgan fingerprint density at radius 3 is 1.73 bits per heavy atom. The molecule has 0 spiro atoms. The highest BCUT2D eigenvalue weighted by atomic mass is 16.5. The van der Waals surface area contributed by atoms with Crippen LogP contribution in [0.3, 0.4) is 0 Å². The van der Waals surface area contributed by atoms with E-state index >= 15 is 0 Å². The molecule has 0 amide bonds. The average molecular weight is 427 g/mol. The van der Waals surface area contributed by atoms with Gasteiger partial charge in [0.2, 0.25) is 0 Å². The van der Waals surface area contributed by atoms with Crippen molar-refractivity contribution in [3.05, 3.63) is 0 Å². The van der Waals surface area contributed by atoms with E-state index in [-0.39, 0.29) is 17.9 Å². The van der Waals surface area contributed by atoms with Crippen LogP contribution in [-0.2, 0) is 19.1 Å². The van der Waals surface area contributed by atoms with Gasteiger partial charge < -0.3 is 9.47 Å². The Balaban J connectivity index is 3.87. The minimum absolute atomic E-state index is 0.00489. The molecule has 30 heavy (non-hydrogen) atoms. The van der Waals surface area contributed by atoms with Crippen molar-refractivity contribution >= 4 is 11.9 Å². The molecule has 0 bridgehead atoms. The van der Waals surface area contributed by atoms with Crippen LogP contribution in [0, 0.1) is 23.7 Å². The van der Waals surface area contributed by atoms with E-state index < -0.39 is 0 Å². The van der Waals surface area contributed by atoms with Gasteiger partial charge in [0.15, 0.2) is 0 Å². The van der Waals surface area contributed by atoms with Crippen molar-refractivity contribution in [3.8, 4) is 0 Å². The van der Waals surface area contributed by atoms with Crippen molar-refractivity contribution in [2.75, 3.05) is 13.2 Å². The van der Waals surface area contributed by atoms with E-state index in [9.17, 15) is 9.59 Å². The van der Waals surface area contributed by atoms with E-state index in [1.165, 1.54) is 25.7 Å². The van der Waals surface area contributed by atoms with Crippen LogP contribution in [0.4, 0.5) is 0 Å². The SMILES string of the molecule is CCC(CCCCCCCCC(=O)OCCC(C)C)C(CC)C(=O)OCCC(C)C. The van der Waals surface area contributed by atoms with Crippen LogP contribution in [-0.4, -0.2) is 25.2 Å². The van der Waals surface area contributed by atoms with Gasteiger partial charge in [-0.05, 0) is 49.9 Å². The van der Waals surface area contributed by atoms with Crippen LogP contribution in [0.2, 0.25) is 0 Å². The summed E-state index contributed by atoms with van der Waals surface area (Å²) in [4.78, 5) is 24.1. The van der Waals surface area contributed by atoms with E-state index in [2.05, 4.69) is 41.5 Å². The quantitative estimate of drug-likeness (QED) is 0.160. The fourth-order valence-electron chi connectivity index (χ4n) is 3.75. The molecule has 0 N–H and O–H groups in total. The second kappa shape index (κ2) is 18.7. The van der Waals surface area contributed by atoms with Crippen molar-refractivity contribution in [2.45, 2.75) is 119 Å². The van der Waals surface area contributed by atoms with Crippen LogP contribution >= 0.6 is 0 Å². The molecule has 0 saturated carbocycles. The number of hydrogen-bond acceptors (Lipinski definition) is 4. The van der Waals surface area contributed by atoms with Crippen LogP contribution in [0.5, 0.6) is 0 Å². The summed E-state index contributed by atoms with van der Waals surface area (Å²) in [7, 11) is 0. The van der Waals surface area contributed by atoms with Crippen molar-refractivity contribution in [3.63, 3.8) is 0 Å². The first-order valence-corrected chi connectivity index (χ1v) is 12.6. The first-order valence-electron chi connectivity index (χ1n) is 12.6. The summed E-state index contributed by atoms with van der Waals surface area (Å²) < 4.78 is 10.8. The zero-order chi connectivity index (χ0) is 22.8. The predicted octanol–water partition coefficient (Wildman–Crippen LogP) is 7.34. The summed E-state index contributed by atoms with van der Waals surface area (Å²) in [5.41, 5.74) is 0. The molecule has 0 aromatic heterocycles. The third-order valence-corrected chi connectivity index (χ3v) is 5.94. The van der Waals surface area contributed by atoms with Crippen molar-refractivity contribution in [2.24, 2.45) is 23.7 Å². The lowest BCUT2D eigenvalue weighted by Gasteiger charge is -2.24. The van der Waals surface area contributed by atoms with Crippen LogP contribution < -0.4 is 0 Å². The van der Waals surface area contributed by atoms with E-state index in [4.69, 9.17) is 9.47 Å². The van der Waals surface area contributed by atoms with Gasteiger partial charge in [0.1, 0.15) is 0 Å².